The van der Waals surface area contributed by atoms with Gasteiger partial charge in [-0.1, -0.05) is 13.8 Å². The van der Waals surface area contributed by atoms with Crippen LogP contribution >= 0.6 is 0 Å². The predicted molar refractivity (Wildman–Crippen MR) is 62.6 cm³/mol. The Labute approximate surface area is 93.6 Å². The van der Waals surface area contributed by atoms with Crippen LogP contribution in [-0.2, 0) is 4.74 Å². The highest BCUT2D eigenvalue weighted by atomic mass is 16.5. The van der Waals surface area contributed by atoms with Gasteiger partial charge in [-0.2, -0.15) is 0 Å². The van der Waals surface area contributed by atoms with Crippen molar-refractivity contribution in [1.29, 1.82) is 0 Å². The van der Waals surface area contributed by atoms with Crippen molar-refractivity contribution in [2.24, 2.45) is 23.0 Å². The van der Waals surface area contributed by atoms with E-state index in [0.717, 1.165) is 24.9 Å². The second-order valence-corrected chi connectivity index (χ2v) is 6.25. The summed E-state index contributed by atoms with van der Waals surface area (Å²) in [4.78, 5) is 0. The van der Waals surface area contributed by atoms with Gasteiger partial charge in [0.25, 0.3) is 0 Å². The molecule has 0 bridgehead atoms. The van der Waals surface area contributed by atoms with Crippen LogP contribution in [-0.4, -0.2) is 18.8 Å². The maximum absolute atomic E-state index is 5.93. The lowest BCUT2D eigenvalue weighted by Gasteiger charge is -2.41. The molecule has 2 fully saturated rings. The van der Waals surface area contributed by atoms with Crippen molar-refractivity contribution in [1.82, 2.24) is 0 Å². The van der Waals surface area contributed by atoms with Crippen molar-refractivity contribution in [3.05, 3.63) is 0 Å². The summed E-state index contributed by atoms with van der Waals surface area (Å²) in [6.07, 6.45) is 5.58. The Kier molecular flexibility index (Phi) is 3.09. The normalized spacial score (nSPS) is 47.6. The minimum absolute atomic E-state index is 0.324. The third-order valence-corrected chi connectivity index (χ3v) is 4.37. The van der Waals surface area contributed by atoms with Gasteiger partial charge in [0, 0.05) is 12.6 Å². The van der Waals surface area contributed by atoms with Crippen LogP contribution in [0.1, 0.15) is 46.5 Å². The van der Waals surface area contributed by atoms with Crippen molar-refractivity contribution < 1.29 is 4.74 Å². The van der Waals surface area contributed by atoms with Gasteiger partial charge in [0.1, 0.15) is 0 Å². The molecule has 88 valence electrons. The van der Waals surface area contributed by atoms with E-state index < -0.39 is 0 Å². The highest BCUT2D eigenvalue weighted by Gasteiger charge is 2.43. The first-order valence-corrected chi connectivity index (χ1v) is 6.37. The maximum atomic E-state index is 5.93. The number of hydrogen-bond donors (Lipinski definition) is 1. The number of nitrogens with two attached hydrogens (primary N) is 1. The number of ether oxygens (including phenoxy) is 1. The summed E-state index contributed by atoms with van der Waals surface area (Å²) in [5.41, 5.74) is 6.36. The predicted octanol–water partition coefficient (Wildman–Crippen LogP) is 2.57. The monoisotopic (exact) mass is 211 g/mol. The molecule has 5 unspecified atom stereocenters. The first-order chi connectivity index (χ1) is 7.00. The first-order valence-electron chi connectivity index (χ1n) is 6.37. The van der Waals surface area contributed by atoms with Gasteiger partial charge in [-0.25, -0.2) is 0 Å². The summed E-state index contributed by atoms with van der Waals surface area (Å²) in [6, 6.07) is 0.324. The van der Waals surface area contributed by atoms with Crippen molar-refractivity contribution in [3.63, 3.8) is 0 Å². The fraction of sp³-hybridized carbons (Fsp3) is 1.00. The highest BCUT2D eigenvalue weighted by Crippen LogP contribution is 2.47. The molecule has 0 aromatic carbocycles. The van der Waals surface area contributed by atoms with Crippen LogP contribution in [0.3, 0.4) is 0 Å². The molecule has 0 spiro atoms. The van der Waals surface area contributed by atoms with Crippen LogP contribution in [0.15, 0.2) is 0 Å². The minimum Gasteiger partial charge on any atom is -0.378 e. The smallest absolute Gasteiger partial charge is 0.0612 e. The summed E-state index contributed by atoms with van der Waals surface area (Å²) in [7, 11) is 0. The van der Waals surface area contributed by atoms with Gasteiger partial charge in [0.2, 0.25) is 0 Å². The molecule has 2 nitrogen and oxygen atoms in total. The molecule has 1 heterocycles. The zero-order valence-electron chi connectivity index (χ0n) is 10.3. The highest BCUT2D eigenvalue weighted by molar-refractivity contribution is 4.93. The number of rotatable bonds is 2. The Hall–Kier alpha value is -0.0800. The second-order valence-electron chi connectivity index (χ2n) is 6.25. The molecule has 2 N–H and O–H groups in total. The molecular weight excluding hydrogens is 186 g/mol. The van der Waals surface area contributed by atoms with Crippen LogP contribution < -0.4 is 5.73 Å². The minimum atomic E-state index is 0.324. The van der Waals surface area contributed by atoms with Crippen molar-refractivity contribution in [2.75, 3.05) is 6.61 Å². The summed E-state index contributed by atoms with van der Waals surface area (Å²) >= 11 is 0. The van der Waals surface area contributed by atoms with Gasteiger partial charge >= 0.3 is 0 Å². The maximum Gasteiger partial charge on any atom is 0.0612 e. The molecule has 1 saturated carbocycles. The quantitative estimate of drug-likeness (QED) is 0.762. The summed E-state index contributed by atoms with van der Waals surface area (Å²) in [5, 5.41) is 0. The van der Waals surface area contributed by atoms with E-state index >= 15 is 0 Å². The molecule has 2 rings (SSSR count). The topological polar surface area (TPSA) is 35.2 Å². The van der Waals surface area contributed by atoms with E-state index in [-0.39, 0.29) is 0 Å². The Balaban J connectivity index is 1.98. The van der Waals surface area contributed by atoms with Crippen LogP contribution in [0.25, 0.3) is 0 Å². The van der Waals surface area contributed by atoms with E-state index in [2.05, 4.69) is 20.8 Å². The molecular formula is C13H25NO. The SMILES string of the molecule is CC(N)CC1(C)CCC2C(C)COC2C1. The van der Waals surface area contributed by atoms with Crippen LogP contribution in [0.4, 0.5) is 0 Å². The average molecular weight is 211 g/mol. The van der Waals surface area contributed by atoms with E-state index in [4.69, 9.17) is 10.5 Å². The lowest BCUT2D eigenvalue weighted by molar-refractivity contribution is 0.00843. The van der Waals surface area contributed by atoms with Gasteiger partial charge in [-0.3, -0.25) is 0 Å². The molecule has 0 amide bonds. The molecule has 1 aliphatic heterocycles. The van der Waals surface area contributed by atoms with E-state index in [9.17, 15) is 0 Å². The fourth-order valence-electron chi connectivity index (χ4n) is 3.64. The number of hydrogen-bond acceptors (Lipinski definition) is 2. The van der Waals surface area contributed by atoms with Gasteiger partial charge in [0.05, 0.1) is 6.10 Å². The van der Waals surface area contributed by atoms with E-state index in [1.165, 1.54) is 19.3 Å². The molecule has 2 aliphatic rings. The molecule has 0 radical (unpaired) electrons. The standard InChI is InChI=1S/C13H25NO/c1-9-8-15-12-7-13(3,6-10(2)14)5-4-11(9)12/h9-12H,4-8,14H2,1-3H3. The lowest BCUT2D eigenvalue weighted by atomic mass is 9.66. The first kappa shape index (κ1) is 11.4. The number of fused-ring (bicyclic) bond motifs is 1. The average Bonchev–Trinajstić information content (AvgIpc) is 2.44. The van der Waals surface area contributed by atoms with Gasteiger partial charge in [0.15, 0.2) is 0 Å². The van der Waals surface area contributed by atoms with Crippen molar-refractivity contribution in [2.45, 2.75) is 58.6 Å². The molecule has 0 aromatic heterocycles. The Bertz CT molecular complexity index is 229. The van der Waals surface area contributed by atoms with Gasteiger partial charge < -0.3 is 10.5 Å². The van der Waals surface area contributed by atoms with Crippen molar-refractivity contribution >= 4 is 0 Å². The fourth-order valence-corrected chi connectivity index (χ4v) is 3.64. The summed E-state index contributed by atoms with van der Waals surface area (Å²) < 4.78 is 5.91. The lowest BCUT2D eigenvalue weighted by Crippen LogP contribution is -2.38. The Morgan fingerprint density at radius 3 is 2.93 bits per heavy atom. The molecule has 5 atom stereocenters. The second kappa shape index (κ2) is 4.06. The van der Waals surface area contributed by atoms with Crippen molar-refractivity contribution in [3.8, 4) is 0 Å². The van der Waals surface area contributed by atoms with Crippen LogP contribution in [0.2, 0.25) is 0 Å². The summed E-state index contributed by atoms with van der Waals surface area (Å²) in [6.45, 7) is 7.82. The third-order valence-electron chi connectivity index (χ3n) is 4.37. The van der Waals surface area contributed by atoms with Crippen LogP contribution in [0.5, 0.6) is 0 Å². The molecule has 1 aliphatic carbocycles. The third kappa shape index (κ3) is 2.36. The molecule has 1 saturated heterocycles. The van der Waals surface area contributed by atoms with E-state index in [1.807, 2.05) is 0 Å². The van der Waals surface area contributed by atoms with E-state index in [1.54, 1.807) is 0 Å². The Morgan fingerprint density at radius 2 is 2.27 bits per heavy atom. The largest absolute Gasteiger partial charge is 0.378 e. The zero-order valence-corrected chi connectivity index (χ0v) is 10.3. The van der Waals surface area contributed by atoms with Crippen LogP contribution in [0, 0.1) is 17.3 Å². The summed E-state index contributed by atoms with van der Waals surface area (Å²) in [5.74, 6) is 1.60. The van der Waals surface area contributed by atoms with E-state index in [0.29, 0.717) is 17.6 Å². The zero-order chi connectivity index (χ0) is 11.1. The molecule has 2 heteroatoms. The molecule has 0 aromatic rings. The van der Waals surface area contributed by atoms with Gasteiger partial charge in [-0.15, -0.1) is 0 Å². The molecule has 15 heavy (non-hydrogen) atoms. The Morgan fingerprint density at radius 1 is 1.53 bits per heavy atom. The van der Waals surface area contributed by atoms with Gasteiger partial charge in [-0.05, 0) is 49.9 Å².